The minimum absolute atomic E-state index is 0.255. The van der Waals surface area contributed by atoms with Gasteiger partial charge in [0.1, 0.15) is 5.82 Å². The van der Waals surface area contributed by atoms with Crippen molar-refractivity contribution in [3.63, 3.8) is 0 Å². The van der Waals surface area contributed by atoms with E-state index in [-0.39, 0.29) is 5.82 Å². The summed E-state index contributed by atoms with van der Waals surface area (Å²) >= 11 is 3.33. The fourth-order valence-electron chi connectivity index (χ4n) is 1.58. The largest absolute Gasteiger partial charge is 0.207 e. The lowest BCUT2D eigenvalue weighted by Crippen LogP contribution is -1.86. The van der Waals surface area contributed by atoms with Crippen LogP contribution in [0.1, 0.15) is 11.1 Å². The number of alkyl halides is 1. The first kappa shape index (κ1) is 10.1. The quantitative estimate of drug-likeness (QED) is 0.719. The number of benzene rings is 2. The highest BCUT2D eigenvalue weighted by molar-refractivity contribution is 9.08. The molecule has 1 nitrogen and oxygen atoms in total. The zero-order valence-electron chi connectivity index (χ0n) is 7.80. The molecule has 2 rings (SSSR count). The standard InChI is InChI=1S/C12H7BrFN/c13-6-10-4-8(7-15)3-9-1-2-11(14)5-12(9)10/h1-5H,6H2. The van der Waals surface area contributed by atoms with Gasteiger partial charge in [0.15, 0.2) is 0 Å². The number of rotatable bonds is 1. The minimum Gasteiger partial charge on any atom is -0.207 e. The molecule has 0 amide bonds. The molecule has 0 heterocycles. The van der Waals surface area contributed by atoms with E-state index < -0.39 is 0 Å². The Morgan fingerprint density at radius 1 is 1.27 bits per heavy atom. The van der Waals surface area contributed by atoms with Crippen molar-refractivity contribution in [2.45, 2.75) is 5.33 Å². The third kappa shape index (κ3) is 1.86. The van der Waals surface area contributed by atoms with E-state index in [1.165, 1.54) is 12.1 Å². The third-order valence-corrected chi connectivity index (χ3v) is 2.88. The monoisotopic (exact) mass is 263 g/mol. The summed E-state index contributed by atoms with van der Waals surface area (Å²) in [5.41, 5.74) is 1.53. The van der Waals surface area contributed by atoms with Gasteiger partial charge in [-0.3, -0.25) is 0 Å². The van der Waals surface area contributed by atoms with Gasteiger partial charge in [-0.25, -0.2) is 4.39 Å². The maximum absolute atomic E-state index is 13.1. The Bertz CT molecular complexity index is 557. The van der Waals surface area contributed by atoms with Crippen LogP contribution in [-0.2, 0) is 5.33 Å². The molecular formula is C12H7BrFN. The molecule has 2 aromatic carbocycles. The second-order valence-electron chi connectivity index (χ2n) is 3.25. The Balaban J connectivity index is 2.82. The SMILES string of the molecule is N#Cc1cc(CBr)c2cc(F)ccc2c1. The summed E-state index contributed by atoms with van der Waals surface area (Å²) in [6, 6.07) is 10.2. The number of fused-ring (bicyclic) bond motifs is 1. The first-order chi connectivity index (χ1) is 7.24. The maximum atomic E-state index is 13.1. The van der Waals surface area contributed by atoms with Gasteiger partial charge in [0.25, 0.3) is 0 Å². The molecule has 0 unspecified atom stereocenters. The molecule has 0 aliphatic carbocycles. The van der Waals surface area contributed by atoms with Gasteiger partial charge in [0, 0.05) is 5.33 Å². The van der Waals surface area contributed by atoms with E-state index in [0.717, 1.165) is 16.3 Å². The van der Waals surface area contributed by atoms with Crippen LogP contribution in [0, 0.1) is 17.1 Å². The molecule has 2 aromatic rings. The summed E-state index contributed by atoms with van der Waals surface area (Å²) in [6.45, 7) is 0. The smallest absolute Gasteiger partial charge is 0.123 e. The van der Waals surface area contributed by atoms with Crippen LogP contribution in [0.3, 0.4) is 0 Å². The average Bonchev–Trinajstić information content (AvgIpc) is 2.27. The normalized spacial score (nSPS) is 10.2. The van der Waals surface area contributed by atoms with Gasteiger partial charge in [-0.15, -0.1) is 0 Å². The van der Waals surface area contributed by atoms with E-state index in [4.69, 9.17) is 5.26 Å². The number of hydrogen-bond acceptors (Lipinski definition) is 1. The van der Waals surface area contributed by atoms with Crippen molar-refractivity contribution in [1.29, 1.82) is 5.26 Å². The van der Waals surface area contributed by atoms with E-state index >= 15 is 0 Å². The summed E-state index contributed by atoms with van der Waals surface area (Å²) in [6.07, 6.45) is 0. The summed E-state index contributed by atoms with van der Waals surface area (Å²) in [5.74, 6) is -0.255. The van der Waals surface area contributed by atoms with E-state index in [1.54, 1.807) is 18.2 Å². The summed E-state index contributed by atoms with van der Waals surface area (Å²) in [5, 5.41) is 11.2. The lowest BCUT2D eigenvalue weighted by Gasteiger charge is -2.04. The zero-order chi connectivity index (χ0) is 10.8. The number of hydrogen-bond donors (Lipinski definition) is 0. The fourth-order valence-corrected chi connectivity index (χ4v) is 2.05. The zero-order valence-corrected chi connectivity index (χ0v) is 9.38. The number of halogens is 2. The molecule has 0 bridgehead atoms. The molecule has 0 spiro atoms. The Kier molecular flexibility index (Phi) is 2.70. The molecular weight excluding hydrogens is 257 g/mol. The lowest BCUT2D eigenvalue weighted by molar-refractivity contribution is 0.629. The van der Waals surface area contributed by atoms with Gasteiger partial charge in [-0.1, -0.05) is 22.0 Å². The van der Waals surface area contributed by atoms with Crippen LogP contribution in [0.4, 0.5) is 4.39 Å². The van der Waals surface area contributed by atoms with Crippen LogP contribution >= 0.6 is 15.9 Å². The molecule has 0 radical (unpaired) electrons. The Morgan fingerprint density at radius 3 is 2.73 bits per heavy atom. The molecule has 0 aliphatic rings. The van der Waals surface area contributed by atoms with Crippen LogP contribution in [0.25, 0.3) is 10.8 Å². The van der Waals surface area contributed by atoms with E-state index in [0.29, 0.717) is 10.9 Å². The molecule has 0 aliphatic heterocycles. The topological polar surface area (TPSA) is 23.8 Å². The summed E-state index contributed by atoms with van der Waals surface area (Å²) < 4.78 is 13.1. The summed E-state index contributed by atoms with van der Waals surface area (Å²) in [4.78, 5) is 0. The Morgan fingerprint density at radius 2 is 2.07 bits per heavy atom. The van der Waals surface area contributed by atoms with Crippen LogP contribution in [0.2, 0.25) is 0 Å². The molecule has 3 heteroatoms. The first-order valence-corrected chi connectivity index (χ1v) is 5.55. The molecule has 0 atom stereocenters. The van der Waals surface area contributed by atoms with E-state index in [2.05, 4.69) is 22.0 Å². The van der Waals surface area contributed by atoms with Crippen molar-refractivity contribution >= 4 is 26.7 Å². The maximum Gasteiger partial charge on any atom is 0.123 e. The number of nitrogens with zero attached hydrogens (tertiary/aromatic N) is 1. The van der Waals surface area contributed by atoms with Gasteiger partial charge in [-0.05, 0) is 40.6 Å². The first-order valence-electron chi connectivity index (χ1n) is 4.43. The van der Waals surface area contributed by atoms with Crippen molar-refractivity contribution in [1.82, 2.24) is 0 Å². The van der Waals surface area contributed by atoms with Gasteiger partial charge >= 0.3 is 0 Å². The van der Waals surface area contributed by atoms with Crippen LogP contribution < -0.4 is 0 Å². The summed E-state index contributed by atoms with van der Waals surface area (Å²) in [7, 11) is 0. The third-order valence-electron chi connectivity index (χ3n) is 2.28. The molecule has 0 saturated carbocycles. The van der Waals surface area contributed by atoms with E-state index in [1.807, 2.05) is 0 Å². The van der Waals surface area contributed by atoms with Crippen molar-refractivity contribution in [3.05, 3.63) is 47.3 Å². The Labute approximate surface area is 95.3 Å². The van der Waals surface area contributed by atoms with Gasteiger partial charge in [0.2, 0.25) is 0 Å². The molecule has 0 fully saturated rings. The Hall–Kier alpha value is -1.40. The predicted octanol–water partition coefficient (Wildman–Crippen LogP) is 3.75. The highest BCUT2D eigenvalue weighted by Gasteiger charge is 2.04. The fraction of sp³-hybridized carbons (Fsp3) is 0.0833. The predicted molar refractivity (Wildman–Crippen MR) is 61.3 cm³/mol. The van der Waals surface area contributed by atoms with Gasteiger partial charge < -0.3 is 0 Å². The van der Waals surface area contributed by atoms with Crippen LogP contribution in [0.5, 0.6) is 0 Å². The second kappa shape index (κ2) is 4.00. The van der Waals surface area contributed by atoms with Gasteiger partial charge in [0.05, 0.1) is 11.6 Å². The van der Waals surface area contributed by atoms with Crippen molar-refractivity contribution in [2.75, 3.05) is 0 Å². The number of nitriles is 1. The lowest BCUT2D eigenvalue weighted by atomic mass is 10.0. The molecule has 74 valence electrons. The van der Waals surface area contributed by atoms with Crippen LogP contribution in [-0.4, -0.2) is 0 Å². The van der Waals surface area contributed by atoms with E-state index in [9.17, 15) is 4.39 Å². The highest BCUT2D eigenvalue weighted by Crippen LogP contribution is 2.23. The molecule has 0 aromatic heterocycles. The second-order valence-corrected chi connectivity index (χ2v) is 3.81. The molecule has 0 N–H and O–H groups in total. The van der Waals surface area contributed by atoms with Gasteiger partial charge in [-0.2, -0.15) is 5.26 Å². The van der Waals surface area contributed by atoms with Crippen molar-refractivity contribution in [2.24, 2.45) is 0 Å². The van der Waals surface area contributed by atoms with Crippen molar-refractivity contribution < 1.29 is 4.39 Å². The van der Waals surface area contributed by atoms with Crippen molar-refractivity contribution in [3.8, 4) is 6.07 Å². The minimum atomic E-state index is -0.255. The van der Waals surface area contributed by atoms with Crippen LogP contribution in [0.15, 0.2) is 30.3 Å². The average molecular weight is 264 g/mol. The molecule has 0 saturated heterocycles. The highest BCUT2D eigenvalue weighted by atomic mass is 79.9. The molecule has 15 heavy (non-hydrogen) atoms.